The third-order valence-electron chi connectivity index (χ3n) is 3.98. The van der Waals surface area contributed by atoms with Gasteiger partial charge in [-0.1, -0.05) is 48.5 Å². The summed E-state index contributed by atoms with van der Waals surface area (Å²) in [4.78, 5) is 36.9. The maximum atomic E-state index is 12.5. The topological polar surface area (TPSA) is 88.1 Å². The second-order valence-electron chi connectivity index (χ2n) is 5.98. The largest absolute Gasteiger partial charge is 0.469 e. The summed E-state index contributed by atoms with van der Waals surface area (Å²) in [5, 5.41) is 0. The van der Waals surface area contributed by atoms with Gasteiger partial charge in [-0.05, 0) is 17.7 Å². The van der Waals surface area contributed by atoms with Crippen LogP contribution in [0, 0.1) is 0 Å². The molecule has 0 aliphatic heterocycles. The van der Waals surface area contributed by atoms with Gasteiger partial charge in [0.25, 0.3) is 0 Å². The Hall–Kier alpha value is -3.19. The minimum absolute atomic E-state index is 0.00838. The van der Waals surface area contributed by atoms with E-state index in [1.165, 1.54) is 7.11 Å². The van der Waals surface area contributed by atoms with Crippen LogP contribution in [0.25, 0.3) is 0 Å². The van der Waals surface area contributed by atoms with E-state index in [0.29, 0.717) is 5.75 Å². The molecule has 0 spiro atoms. The van der Waals surface area contributed by atoms with Crippen LogP contribution in [0.15, 0.2) is 60.7 Å². The predicted octanol–water partition coefficient (Wildman–Crippen LogP) is 2.67. The van der Waals surface area contributed by atoms with Gasteiger partial charge in [0.2, 0.25) is 0 Å². The molecule has 7 heteroatoms. The van der Waals surface area contributed by atoms with Crippen LogP contribution in [0.2, 0.25) is 0 Å². The van der Waals surface area contributed by atoms with Crippen molar-refractivity contribution in [2.45, 2.75) is 25.0 Å². The molecule has 0 bridgehead atoms. The Bertz CT molecular complexity index is 789. The van der Waals surface area contributed by atoms with Crippen molar-refractivity contribution >= 4 is 17.9 Å². The maximum Gasteiger partial charge on any atom is 0.339 e. The molecule has 1 unspecified atom stereocenters. The van der Waals surface area contributed by atoms with Crippen LogP contribution in [-0.4, -0.2) is 37.7 Å². The molecule has 7 nitrogen and oxygen atoms in total. The van der Waals surface area contributed by atoms with Crippen LogP contribution in [0.4, 0.5) is 0 Å². The van der Waals surface area contributed by atoms with Crippen LogP contribution >= 0.6 is 0 Å². The van der Waals surface area contributed by atoms with Gasteiger partial charge in [-0.25, -0.2) is 4.79 Å². The average Bonchev–Trinajstić information content (AvgIpc) is 2.72. The van der Waals surface area contributed by atoms with Gasteiger partial charge in [0, 0.05) is 0 Å². The molecule has 0 heterocycles. The Balaban J connectivity index is 2.24. The van der Waals surface area contributed by atoms with Gasteiger partial charge >= 0.3 is 17.9 Å². The van der Waals surface area contributed by atoms with Crippen molar-refractivity contribution in [2.24, 2.45) is 0 Å². The van der Waals surface area contributed by atoms with Gasteiger partial charge in [0.15, 0.2) is 5.60 Å². The zero-order chi connectivity index (χ0) is 20.4. The summed E-state index contributed by atoms with van der Waals surface area (Å²) in [6.45, 7) is -0.00838. The Kier molecular flexibility index (Phi) is 7.71. The fourth-order valence-electron chi connectivity index (χ4n) is 2.54. The third-order valence-corrected chi connectivity index (χ3v) is 3.98. The van der Waals surface area contributed by atoms with E-state index >= 15 is 0 Å². The van der Waals surface area contributed by atoms with E-state index in [9.17, 15) is 14.4 Å². The number of methoxy groups -OCH3 is 2. The van der Waals surface area contributed by atoms with Crippen molar-refractivity contribution < 1.29 is 33.3 Å². The number of para-hydroxylation sites is 1. The highest BCUT2D eigenvalue weighted by molar-refractivity contribution is 5.90. The van der Waals surface area contributed by atoms with Crippen molar-refractivity contribution in [3.63, 3.8) is 0 Å². The molecule has 148 valence electrons. The number of carbonyl (C=O) groups excluding carboxylic acids is 3. The minimum atomic E-state index is -1.87. The second-order valence-corrected chi connectivity index (χ2v) is 5.98. The first kappa shape index (κ1) is 21.1. The van der Waals surface area contributed by atoms with Crippen LogP contribution in [0.3, 0.4) is 0 Å². The van der Waals surface area contributed by atoms with Gasteiger partial charge < -0.3 is 18.9 Å². The number of carbonyl (C=O) groups is 3. The summed E-state index contributed by atoms with van der Waals surface area (Å²) in [5.74, 6) is -2.01. The fraction of sp³-hybridized carbons (Fsp3) is 0.286. The summed E-state index contributed by atoms with van der Waals surface area (Å²) >= 11 is 0. The molecule has 2 aromatic rings. The maximum absolute atomic E-state index is 12.5. The molecule has 28 heavy (non-hydrogen) atoms. The van der Waals surface area contributed by atoms with E-state index < -0.39 is 36.4 Å². The first-order valence-corrected chi connectivity index (χ1v) is 8.58. The molecule has 0 radical (unpaired) electrons. The van der Waals surface area contributed by atoms with E-state index in [1.807, 2.05) is 18.2 Å². The van der Waals surface area contributed by atoms with Gasteiger partial charge in [-0.15, -0.1) is 0 Å². The Morgan fingerprint density at radius 2 is 1.36 bits per heavy atom. The standard InChI is InChI=1S/C21H22O7/c1-25-18(22)13-21(20(24)26-2,27-15-16-9-5-3-6-10-16)14-19(23)28-17-11-7-4-8-12-17/h3-12H,13-15H2,1-2H3. The van der Waals surface area contributed by atoms with Gasteiger partial charge in [-0.2, -0.15) is 0 Å². The molecule has 2 rings (SSSR count). The molecule has 0 fully saturated rings. The summed E-state index contributed by atoms with van der Waals surface area (Å²) in [7, 11) is 2.34. The monoisotopic (exact) mass is 386 g/mol. The van der Waals surface area contributed by atoms with E-state index in [2.05, 4.69) is 4.74 Å². The molecule has 0 aromatic heterocycles. The van der Waals surface area contributed by atoms with Gasteiger partial charge in [-0.3, -0.25) is 9.59 Å². The van der Waals surface area contributed by atoms with E-state index in [-0.39, 0.29) is 6.61 Å². The van der Waals surface area contributed by atoms with Crippen LogP contribution in [0.5, 0.6) is 5.75 Å². The SMILES string of the molecule is COC(=O)CC(CC(=O)Oc1ccccc1)(OCc1ccccc1)C(=O)OC. The number of ether oxygens (including phenoxy) is 4. The highest BCUT2D eigenvalue weighted by atomic mass is 16.6. The normalized spacial score (nSPS) is 12.5. The highest BCUT2D eigenvalue weighted by Gasteiger charge is 2.46. The molecule has 0 N–H and O–H groups in total. The first-order valence-electron chi connectivity index (χ1n) is 8.58. The predicted molar refractivity (Wildman–Crippen MR) is 99.3 cm³/mol. The van der Waals surface area contributed by atoms with Crippen LogP contribution in [0.1, 0.15) is 18.4 Å². The van der Waals surface area contributed by atoms with Crippen LogP contribution < -0.4 is 4.74 Å². The molecule has 1 atom stereocenters. The Morgan fingerprint density at radius 1 is 0.786 bits per heavy atom. The highest BCUT2D eigenvalue weighted by Crippen LogP contribution is 2.27. The molecule has 0 amide bonds. The fourth-order valence-corrected chi connectivity index (χ4v) is 2.54. The quantitative estimate of drug-likeness (QED) is 0.484. The molecule has 2 aromatic carbocycles. The van der Waals surface area contributed by atoms with E-state index in [1.54, 1.807) is 42.5 Å². The van der Waals surface area contributed by atoms with E-state index in [0.717, 1.165) is 12.7 Å². The summed E-state index contributed by atoms with van der Waals surface area (Å²) < 4.78 is 20.5. The molecule has 0 aliphatic carbocycles. The number of hydrogen-bond acceptors (Lipinski definition) is 7. The minimum Gasteiger partial charge on any atom is -0.469 e. The average molecular weight is 386 g/mol. The zero-order valence-electron chi connectivity index (χ0n) is 15.8. The number of esters is 3. The van der Waals surface area contributed by atoms with Crippen molar-refractivity contribution in [1.29, 1.82) is 0 Å². The summed E-state index contributed by atoms with van der Waals surface area (Å²) in [6, 6.07) is 17.4. The second kappa shape index (κ2) is 10.2. The Labute approximate surface area is 163 Å². The lowest BCUT2D eigenvalue weighted by Crippen LogP contribution is -2.47. The number of rotatable bonds is 9. The van der Waals surface area contributed by atoms with Gasteiger partial charge in [0.1, 0.15) is 5.75 Å². The van der Waals surface area contributed by atoms with Crippen molar-refractivity contribution in [3.05, 3.63) is 66.2 Å². The molecule has 0 aliphatic rings. The van der Waals surface area contributed by atoms with Crippen LogP contribution in [-0.2, 0) is 35.2 Å². The summed E-state index contributed by atoms with van der Waals surface area (Å²) in [6.07, 6.45) is -1.01. The Morgan fingerprint density at radius 3 is 1.93 bits per heavy atom. The van der Waals surface area contributed by atoms with Crippen molar-refractivity contribution in [3.8, 4) is 5.75 Å². The molecule has 0 saturated carbocycles. The lowest BCUT2D eigenvalue weighted by Gasteiger charge is -2.29. The molecular formula is C21H22O7. The first-order chi connectivity index (χ1) is 13.5. The zero-order valence-corrected chi connectivity index (χ0v) is 15.8. The number of benzene rings is 2. The number of hydrogen-bond donors (Lipinski definition) is 0. The summed E-state index contributed by atoms with van der Waals surface area (Å²) in [5.41, 5.74) is -1.11. The lowest BCUT2D eigenvalue weighted by atomic mass is 9.94. The smallest absolute Gasteiger partial charge is 0.339 e. The lowest BCUT2D eigenvalue weighted by molar-refractivity contribution is -0.183. The molecule has 0 saturated heterocycles. The molecular weight excluding hydrogens is 364 g/mol. The van der Waals surface area contributed by atoms with E-state index in [4.69, 9.17) is 14.2 Å². The van der Waals surface area contributed by atoms with Crippen molar-refractivity contribution in [2.75, 3.05) is 14.2 Å². The van der Waals surface area contributed by atoms with Gasteiger partial charge in [0.05, 0.1) is 33.7 Å². The van der Waals surface area contributed by atoms with Crippen molar-refractivity contribution in [1.82, 2.24) is 0 Å². The third kappa shape index (κ3) is 5.92.